The molecule has 2 aromatic rings. The van der Waals surface area contributed by atoms with Crippen LogP contribution in [0.3, 0.4) is 0 Å². The van der Waals surface area contributed by atoms with Crippen LogP contribution in [0.1, 0.15) is 41.7 Å². The number of methoxy groups -OCH3 is 1. The number of aryl methyl sites for hydroxylation is 1. The van der Waals surface area contributed by atoms with Gasteiger partial charge in [-0.3, -0.25) is 4.68 Å². The number of ether oxygens (including phenoxy) is 2. The Morgan fingerprint density at radius 1 is 1.40 bits per heavy atom. The molecule has 2 aliphatic rings. The van der Waals surface area contributed by atoms with Crippen LogP contribution in [0.25, 0.3) is 0 Å². The van der Waals surface area contributed by atoms with Gasteiger partial charge < -0.3 is 14.8 Å². The van der Waals surface area contributed by atoms with Crippen LogP contribution in [0.4, 0.5) is 4.39 Å². The van der Waals surface area contributed by atoms with Crippen LogP contribution in [0.5, 0.6) is 5.75 Å². The summed E-state index contributed by atoms with van der Waals surface area (Å²) in [5.74, 6) is 0.540. The van der Waals surface area contributed by atoms with Crippen molar-refractivity contribution in [1.29, 1.82) is 0 Å². The first kappa shape index (κ1) is 16.5. The van der Waals surface area contributed by atoms with Crippen molar-refractivity contribution < 1.29 is 13.9 Å². The van der Waals surface area contributed by atoms with Crippen LogP contribution in [-0.2, 0) is 18.2 Å². The van der Waals surface area contributed by atoms with Gasteiger partial charge in [-0.25, -0.2) is 4.39 Å². The maximum absolute atomic E-state index is 14.4. The minimum atomic E-state index is -0.207. The molecule has 1 aromatic heterocycles. The summed E-state index contributed by atoms with van der Waals surface area (Å²) in [4.78, 5) is 0. The Hall–Kier alpha value is -1.92. The van der Waals surface area contributed by atoms with Crippen molar-refractivity contribution in [3.8, 4) is 5.75 Å². The number of halogens is 1. The van der Waals surface area contributed by atoms with Crippen LogP contribution >= 0.6 is 0 Å². The molecule has 134 valence electrons. The van der Waals surface area contributed by atoms with Crippen molar-refractivity contribution in [2.45, 2.75) is 31.4 Å². The van der Waals surface area contributed by atoms with Crippen LogP contribution in [0.15, 0.2) is 24.5 Å². The van der Waals surface area contributed by atoms with E-state index < -0.39 is 0 Å². The molecule has 1 aliphatic heterocycles. The van der Waals surface area contributed by atoms with E-state index in [1.807, 2.05) is 30.2 Å². The highest BCUT2D eigenvalue weighted by Crippen LogP contribution is 2.38. The second kappa shape index (κ2) is 6.77. The number of hydrogen-bond donors (Lipinski definition) is 1. The van der Waals surface area contributed by atoms with E-state index in [2.05, 4.69) is 10.4 Å². The topological polar surface area (TPSA) is 48.3 Å². The Balaban J connectivity index is 1.44. The summed E-state index contributed by atoms with van der Waals surface area (Å²) < 4.78 is 27.2. The lowest BCUT2D eigenvalue weighted by atomic mass is 9.96. The molecule has 1 unspecified atom stereocenters. The minimum Gasteiger partial charge on any atom is -0.494 e. The quantitative estimate of drug-likeness (QED) is 0.905. The summed E-state index contributed by atoms with van der Waals surface area (Å²) >= 11 is 0. The molecule has 5 nitrogen and oxygen atoms in total. The molecule has 1 saturated heterocycles. The molecule has 25 heavy (non-hydrogen) atoms. The molecule has 3 atom stereocenters. The third-order valence-electron chi connectivity index (χ3n) is 5.42. The smallest absolute Gasteiger partial charge is 0.168 e. The number of aromatic nitrogens is 2. The first-order valence-corrected chi connectivity index (χ1v) is 8.86. The van der Waals surface area contributed by atoms with Gasteiger partial charge in [0.1, 0.15) is 0 Å². The average molecular weight is 345 g/mol. The standard InChI is InChI=1S/C19H24FN3O2/c1-23-11-13(10-22-23)19-12(7-8-25-19)9-21-16-5-3-15-14(16)4-6-17(24-2)18(15)20/h4,6,10-12,16,19,21H,3,5,7-9H2,1-2H3/t12-,16?,19+/m0/s1. The number of benzene rings is 1. The van der Waals surface area contributed by atoms with E-state index in [0.717, 1.165) is 49.1 Å². The fraction of sp³-hybridized carbons (Fsp3) is 0.526. The van der Waals surface area contributed by atoms with Crippen molar-refractivity contribution in [1.82, 2.24) is 15.1 Å². The molecule has 6 heteroatoms. The van der Waals surface area contributed by atoms with Gasteiger partial charge in [-0.1, -0.05) is 6.07 Å². The molecule has 0 bridgehead atoms. The summed E-state index contributed by atoms with van der Waals surface area (Å²) in [6.45, 7) is 1.64. The van der Waals surface area contributed by atoms with Gasteiger partial charge in [0.2, 0.25) is 0 Å². The van der Waals surface area contributed by atoms with Gasteiger partial charge >= 0.3 is 0 Å². The lowest BCUT2D eigenvalue weighted by Crippen LogP contribution is -2.27. The minimum absolute atomic E-state index is 0.0923. The zero-order valence-electron chi connectivity index (χ0n) is 14.7. The summed E-state index contributed by atoms with van der Waals surface area (Å²) in [6.07, 6.45) is 6.71. The maximum atomic E-state index is 14.4. The van der Waals surface area contributed by atoms with E-state index in [0.29, 0.717) is 11.7 Å². The second-order valence-electron chi connectivity index (χ2n) is 6.94. The predicted octanol–water partition coefficient (Wildman–Crippen LogP) is 2.92. The molecular formula is C19H24FN3O2. The van der Waals surface area contributed by atoms with Gasteiger partial charge in [0.15, 0.2) is 11.6 Å². The molecule has 1 N–H and O–H groups in total. The zero-order valence-corrected chi connectivity index (χ0v) is 14.7. The SMILES string of the molecule is COc1ccc2c(c1F)CCC2NC[C@@H]1CCO[C@H]1c1cnn(C)c1. The number of nitrogens with zero attached hydrogens (tertiary/aromatic N) is 2. The van der Waals surface area contributed by atoms with Crippen molar-refractivity contribution in [2.24, 2.45) is 13.0 Å². The van der Waals surface area contributed by atoms with Gasteiger partial charge in [0, 0.05) is 43.9 Å². The number of nitrogens with one attached hydrogen (secondary N) is 1. The van der Waals surface area contributed by atoms with E-state index in [1.165, 1.54) is 7.11 Å². The zero-order chi connectivity index (χ0) is 17.4. The van der Waals surface area contributed by atoms with Crippen molar-refractivity contribution in [3.63, 3.8) is 0 Å². The van der Waals surface area contributed by atoms with E-state index in [1.54, 1.807) is 6.07 Å². The normalized spacial score (nSPS) is 25.3. The second-order valence-corrected chi connectivity index (χ2v) is 6.94. The van der Waals surface area contributed by atoms with E-state index in [4.69, 9.17) is 9.47 Å². The largest absolute Gasteiger partial charge is 0.494 e. The van der Waals surface area contributed by atoms with Crippen molar-refractivity contribution >= 4 is 0 Å². The molecule has 0 saturated carbocycles. The Morgan fingerprint density at radius 3 is 3.04 bits per heavy atom. The summed E-state index contributed by atoms with van der Waals surface area (Å²) in [6, 6.07) is 3.92. The van der Waals surface area contributed by atoms with E-state index in [-0.39, 0.29) is 18.0 Å². The number of hydrogen-bond acceptors (Lipinski definition) is 4. The average Bonchev–Trinajstić information content (AvgIpc) is 3.32. The van der Waals surface area contributed by atoms with Crippen molar-refractivity contribution in [2.75, 3.05) is 20.3 Å². The van der Waals surface area contributed by atoms with Gasteiger partial charge in [-0.2, -0.15) is 5.10 Å². The molecule has 1 aromatic carbocycles. The first-order chi connectivity index (χ1) is 12.2. The molecule has 1 fully saturated rings. The summed E-state index contributed by atoms with van der Waals surface area (Å²) in [5, 5.41) is 7.89. The fourth-order valence-electron chi connectivity index (χ4n) is 4.10. The Kier molecular flexibility index (Phi) is 4.48. The predicted molar refractivity (Wildman–Crippen MR) is 92.0 cm³/mol. The van der Waals surface area contributed by atoms with Crippen molar-refractivity contribution in [3.05, 3.63) is 47.0 Å². The Bertz CT molecular complexity index is 761. The highest BCUT2D eigenvalue weighted by atomic mass is 19.1. The van der Waals surface area contributed by atoms with Gasteiger partial charge in [0.05, 0.1) is 19.4 Å². The molecule has 0 radical (unpaired) electrons. The third kappa shape index (κ3) is 3.04. The van der Waals surface area contributed by atoms with Crippen LogP contribution in [0, 0.1) is 11.7 Å². The van der Waals surface area contributed by atoms with Gasteiger partial charge in [-0.15, -0.1) is 0 Å². The van der Waals surface area contributed by atoms with E-state index in [9.17, 15) is 4.39 Å². The third-order valence-corrected chi connectivity index (χ3v) is 5.42. The molecule has 0 spiro atoms. The highest BCUT2D eigenvalue weighted by Gasteiger charge is 2.32. The lowest BCUT2D eigenvalue weighted by Gasteiger charge is -2.21. The molecule has 1 aliphatic carbocycles. The molecule has 0 amide bonds. The van der Waals surface area contributed by atoms with Gasteiger partial charge in [-0.05, 0) is 36.5 Å². The Labute approximate surface area is 147 Å². The van der Waals surface area contributed by atoms with Crippen LogP contribution in [0.2, 0.25) is 0 Å². The van der Waals surface area contributed by atoms with Crippen LogP contribution in [-0.4, -0.2) is 30.0 Å². The summed E-state index contributed by atoms with van der Waals surface area (Å²) in [7, 11) is 3.43. The maximum Gasteiger partial charge on any atom is 0.168 e. The summed E-state index contributed by atoms with van der Waals surface area (Å²) in [5.41, 5.74) is 2.99. The highest BCUT2D eigenvalue weighted by molar-refractivity contribution is 5.42. The number of rotatable bonds is 5. The Morgan fingerprint density at radius 2 is 2.28 bits per heavy atom. The monoisotopic (exact) mass is 345 g/mol. The fourth-order valence-corrected chi connectivity index (χ4v) is 4.10. The first-order valence-electron chi connectivity index (χ1n) is 8.86. The van der Waals surface area contributed by atoms with Crippen LogP contribution < -0.4 is 10.1 Å². The molecule has 4 rings (SSSR count). The lowest BCUT2D eigenvalue weighted by molar-refractivity contribution is 0.0897. The number of fused-ring (bicyclic) bond motifs is 1. The molecular weight excluding hydrogens is 321 g/mol. The van der Waals surface area contributed by atoms with Gasteiger partial charge in [0.25, 0.3) is 0 Å². The van der Waals surface area contributed by atoms with E-state index >= 15 is 0 Å². The molecule has 2 heterocycles.